The number of unbranched alkanes of at least 4 members (excludes halogenated alkanes) is 1. The van der Waals surface area contributed by atoms with Crippen molar-refractivity contribution in [2.75, 3.05) is 13.2 Å². The van der Waals surface area contributed by atoms with Gasteiger partial charge in [-0.1, -0.05) is 19.3 Å². The first-order chi connectivity index (χ1) is 8.75. The predicted octanol–water partition coefficient (Wildman–Crippen LogP) is 4.50. The third-order valence-corrected chi connectivity index (χ3v) is 5.43. The van der Waals surface area contributed by atoms with E-state index in [0.29, 0.717) is 0 Å². The van der Waals surface area contributed by atoms with Crippen LogP contribution in [0, 0.1) is 5.92 Å². The van der Waals surface area contributed by atoms with Crippen molar-refractivity contribution >= 4 is 27.3 Å². The quantitative estimate of drug-likeness (QED) is 0.779. The van der Waals surface area contributed by atoms with E-state index in [4.69, 9.17) is 10.5 Å². The van der Waals surface area contributed by atoms with E-state index in [1.165, 1.54) is 40.8 Å². The average Bonchev–Trinajstić information content (AvgIpc) is 2.82. The Balaban J connectivity index is 1.60. The van der Waals surface area contributed by atoms with Crippen LogP contribution >= 0.6 is 27.3 Å². The predicted molar refractivity (Wildman–Crippen MR) is 81.0 cm³/mol. The highest BCUT2D eigenvalue weighted by Crippen LogP contribution is 2.29. The third kappa shape index (κ3) is 4.65. The SMILES string of the molecule is NC(CCCCC1CCOCC1)c1ccc(Br)s1. The van der Waals surface area contributed by atoms with Crippen LogP contribution in [0.3, 0.4) is 0 Å². The first-order valence-corrected chi connectivity index (χ1v) is 8.45. The molecule has 1 saturated heterocycles. The lowest BCUT2D eigenvalue weighted by molar-refractivity contribution is 0.0631. The van der Waals surface area contributed by atoms with E-state index in [-0.39, 0.29) is 6.04 Å². The maximum atomic E-state index is 6.20. The van der Waals surface area contributed by atoms with Crippen LogP contribution in [0.25, 0.3) is 0 Å². The molecule has 102 valence electrons. The van der Waals surface area contributed by atoms with E-state index in [1.54, 1.807) is 11.3 Å². The topological polar surface area (TPSA) is 35.2 Å². The van der Waals surface area contributed by atoms with Gasteiger partial charge < -0.3 is 10.5 Å². The summed E-state index contributed by atoms with van der Waals surface area (Å²) in [5, 5.41) is 0. The Bertz CT molecular complexity index is 349. The number of rotatable bonds is 6. The fraction of sp³-hybridized carbons (Fsp3) is 0.714. The van der Waals surface area contributed by atoms with Gasteiger partial charge in [0.1, 0.15) is 0 Å². The van der Waals surface area contributed by atoms with Crippen molar-refractivity contribution in [2.24, 2.45) is 11.7 Å². The molecule has 1 aromatic heterocycles. The van der Waals surface area contributed by atoms with E-state index in [0.717, 1.165) is 25.6 Å². The number of hydrogen-bond acceptors (Lipinski definition) is 3. The van der Waals surface area contributed by atoms with Crippen LogP contribution in [0.5, 0.6) is 0 Å². The van der Waals surface area contributed by atoms with Crippen LogP contribution in [0.15, 0.2) is 15.9 Å². The third-order valence-electron chi connectivity index (χ3n) is 3.68. The van der Waals surface area contributed by atoms with Crippen molar-refractivity contribution in [3.05, 3.63) is 20.8 Å². The molecule has 0 aromatic carbocycles. The maximum Gasteiger partial charge on any atom is 0.0701 e. The van der Waals surface area contributed by atoms with Gasteiger partial charge in [0.15, 0.2) is 0 Å². The van der Waals surface area contributed by atoms with Gasteiger partial charge in [0, 0.05) is 24.1 Å². The van der Waals surface area contributed by atoms with E-state index in [1.807, 2.05) is 0 Å². The second-order valence-corrected chi connectivity index (χ2v) is 7.58. The zero-order valence-corrected chi connectivity index (χ0v) is 13.1. The lowest BCUT2D eigenvalue weighted by atomic mass is 9.93. The summed E-state index contributed by atoms with van der Waals surface area (Å²) in [6.07, 6.45) is 7.52. The maximum absolute atomic E-state index is 6.20. The van der Waals surface area contributed by atoms with Gasteiger partial charge in [0.05, 0.1) is 3.79 Å². The summed E-state index contributed by atoms with van der Waals surface area (Å²) in [4.78, 5) is 1.30. The highest BCUT2D eigenvalue weighted by atomic mass is 79.9. The van der Waals surface area contributed by atoms with Gasteiger partial charge in [-0.3, -0.25) is 0 Å². The highest BCUT2D eigenvalue weighted by molar-refractivity contribution is 9.11. The minimum Gasteiger partial charge on any atom is -0.381 e. The van der Waals surface area contributed by atoms with Crippen molar-refractivity contribution in [3.8, 4) is 0 Å². The van der Waals surface area contributed by atoms with Crippen LogP contribution < -0.4 is 5.73 Å². The molecule has 0 spiro atoms. The molecule has 1 atom stereocenters. The molecule has 2 rings (SSSR count). The summed E-state index contributed by atoms with van der Waals surface area (Å²) in [6.45, 7) is 1.93. The summed E-state index contributed by atoms with van der Waals surface area (Å²) < 4.78 is 6.56. The summed E-state index contributed by atoms with van der Waals surface area (Å²) in [5.74, 6) is 0.894. The monoisotopic (exact) mass is 331 g/mol. The van der Waals surface area contributed by atoms with Crippen molar-refractivity contribution in [1.29, 1.82) is 0 Å². The first-order valence-electron chi connectivity index (χ1n) is 6.84. The van der Waals surface area contributed by atoms with E-state index in [2.05, 4.69) is 28.1 Å². The molecular weight excluding hydrogens is 310 g/mol. The fourth-order valence-electron chi connectivity index (χ4n) is 2.50. The molecule has 0 amide bonds. The normalized spacial score (nSPS) is 19.0. The van der Waals surface area contributed by atoms with Crippen LogP contribution in [0.2, 0.25) is 0 Å². The van der Waals surface area contributed by atoms with Crippen LogP contribution in [-0.4, -0.2) is 13.2 Å². The van der Waals surface area contributed by atoms with Crippen LogP contribution in [0.1, 0.15) is 49.4 Å². The zero-order valence-electron chi connectivity index (χ0n) is 10.7. The zero-order chi connectivity index (χ0) is 12.8. The fourth-order valence-corrected chi connectivity index (χ4v) is 3.96. The molecule has 0 bridgehead atoms. The second kappa shape index (κ2) is 7.63. The summed E-state index contributed by atoms with van der Waals surface area (Å²) >= 11 is 5.24. The molecule has 1 unspecified atom stereocenters. The standard InChI is InChI=1S/C14H22BrNOS/c15-14-6-5-13(18-14)12(16)4-2-1-3-11-7-9-17-10-8-11/h5-6,11-12H,1-4,7-10,16H2. The van der Waals surface area contributed by atoms with Gasteiger partial charge >= 0.3 is 0 Å². The van der Waals surface area contributed by atoms with Crippen molar-refractivity contribution in [2.45, 2.75) is 44.6 Å². The van der Waals surface area contributed by atoms with Crippen LogP contribution in [-0.2, 0) is 4.74 Å². The molecule has 1 aliphatic heterocycles. The number of ether oxygens (including phenoxy) is 1. The number of thiophene rings is 1. The molecule has 2 nitrogen and oxygen atoms in total. The Morgan fingerprint density at radius 3 is 2.78 bits per heavy atom. The molecule has 4 heteroatoms. The Morgan fingerprint density at radius 2 is 2.11 bits per heavy atom. The van der Waals surface area contributed by atoms with Crippen molar-refractivity contribution < 1.29 is 4.74 Å². The van der Waals surface area contributed by atoms with Gasteiger partial charge in [0.25, 0.3) is 0 Å². The van der Waals surface area contributed by atoms with Gasteiger partial charge in [-0.2, -0.15) is 0 Å². The van der Waals surface area contributed by atoms with E-state index >= 15 is 0 Å². The summed E-state index contributed by atoms with van der Waals surface area (Å²) in [5.41, 5.74) is 6.20. The van der Waals surface area contributed by atoms with Gasteiger partial charge in [-0.25, -0.2) is 0 Å². The van der Waals surface area contributed by atoms with Crippen molar-refractivity contribution in [3.63, 3.8) is 0 Å². The Labute approximate surface area is 122 Å². The molecule has 0 aliphatic carbocycles. The average molecular weight is 332 g/mol. The van der Waals surface area contributed by atoms with Crippen LogP contribution in [0.4, 0.5) is 0 Å². The minimum atomic E-state index is 0.219. The highest BCUT2D eigenvalue weighted by Gasteiger charge is 2.14. The smallest absolute Gasteiger partial charge is 0.0701 e. The van der Waals surface area contributed by atoms with E-state index in [9.17, 15) is 0 Å². The molecule has 2 N–H and O–H groups in total. The first kappa shape index (κ1) is 14.5. The van der Waals surface area contributed by atoms with Gasteiger partial charge in [-0.05, 0) is 53.2 Å². The van der Waals surface area contributed by atoms with Crippen molar-refractivity contribution in [1.82, 2.24) is 0 Å². The molecule has 1 aliphatic rings. The van der Waals surface area contributed by atoms with Gasteiger partial charge in [-0.15, -0.1) is 11.3 Å². The molecule has 18 heavy (non-hydrogen) atoms. The summed E-state index contributed by atoms with van der Waals surface area (Å²) in [7, 11) is 0. The Morgan fingerprint density at radius 1 is 1.33 bits per heavy atom. The molecular formula is C14H22BrNOS. The lowest BCUT2D eigenvalue weighted by Crippen LogP contribution is -2.15. The Kier molecular flexibility index (Phi) is 6.15. The minimum absolute atomic E-state index is 0.219. The lowest BCUT2D eigenvalue weighted by Gasteiger charge is -2.21. The molecule has 2 heterocycles. The number of nitrogens with two attached hydrogens (primary N) is 1. The number of hydrogen-bond donors (Lipinski definition) is 1. The molecule has 1 fully saturated rings. The van der Waals surface area contributed by atoms with E-state index < -0.39 is 0 Å². The van der Waals surface area contributed by atoms with Gasteiger partial charge in [0.2, 0.25) is 0 Å². The molecule has 0 saturated carbocycles. The second-order valence-electron chi connectivity index (χ2n) is 5.09. The molecule has 0 radical (unpaired) electrons. The Hall–Kier alpha value is 0.1000. The largest absolute Gasteiger partial charge is 0.381 e. The summed E-state index contributed by atoms with van der Waals surface area (Å²) in [6, 6.07) is 4.44. The number of halogens is 1. The molecule has 1 aromatic rings.